The highest BCUT2D eigenvalue weighted by Crippen LogP contribution is 2.17. The lowest BCUT2D eigenvalue weighted by Gasteiger charge is -2.26. The van der Waals surface area contributed by atoms with Crippen molar-refractivity contribution in [2.45, 2.75) is 45.7 Å². The van der Waals surface area contributed by atoms with Crippen LogP contribution in [0.2, 0.25) is 5.02 Å². The van der Waals surface area contributed by atoms with E-state index in [-0.39, 0.29) is 0 Å². The molecule has 1 heterocycles. The summed E-state index contributed by atoms with van der Waals surface area (Å²) in [7, 11) is 0. The first-order chi connectivity index (χ1) is 12.2. The fourth-order valence-electron chi connectivity index (χ4n) is 2.63. The normalized spacial score (nSPS) is 10.6. The second kappa shape index (κ2) is 11.1. The summed E-state index contributed by atoms with van der Waals surface area (Å²) in [6.07, 6.45) is 10.2. The molecule has 0 bridgehead atoms. The van der Waals surface area contributed by atoms with Gasteiger partial charge in [0, 0.05) is 43.6 Å². The van der Waals surface area contributed by atoms with Gasteiger partial charge in [-0.15, -0.1) is 0 Å². The topological polar surface area (TPSA) is 33.1 Å². The van der Waals surface area contributed by atoms with Gasteiger partial charge in [0.05, 0.1) is 6.33 Å². The number of hydrogen-bond acceptors (Lipinski definition) is 2. The van der Waals surface area contributed by atoms with Gasteiger partial charge < -0.3 is 14.8 Å². The Balaban J connectivity index is 1.92. The third-order valence-corrected chi connectivity index (χ3v) is 4.84. The number of unbranched alkanes of at least 4 members (excludes halogenated alkanes) is 2. The molecule has 0 saturated carbocycles. The molecule has 0 aliphatic rings. The second-order valence-electron chi connectivity index (χ2n) is 6.11. The lowest BCUT2D eigenvalue weighted by atomic mass is 10.2. The minimum Gasteiger partial charge on any atom is -0.363 e. The lowest BCUT2D eigenvalue weighted by molar-refractivity contribution is 0.384. The average Bonchev–Trinajstić information content (AvgIpc) is 3.13. The van der Waals surface area contributed by atoms with E-state index in [4.69, 9.17) is 23.8 Å². The number of halogens is 1. The van der Waals surface area contributed by atoms with Crippen LogP contribution in [0.15, 0.2) is 43.0 Å². The van der Waals surface area contributed by atoms with Crippen molar-refractivity contribution in [3.05, 3.63) is 53.6 Å². The lowest BCUT2D eigenvalue weighted by Crippen LogP contribution is -2.40. The molecule has 0 fully saturated rings. The van der Waals surface area contributed by atoms with Crippen LogP contribution in [0, 0.1) is 0 Å². The summed E-state index contributed by atoms with van der Waals surface area (Å²) >= 11 is 12.0. The summed E-state index contributed by atoms with van der Waals surface area (Å²) in [5, 5.41) is 4.99. The quantitative estimate of drug-likeness (QED) is 0.487. The highest BCUT2D eigenvalue weighted by Gasteiger charge is 2.12. The highest BCUT2D eigenvalue weighted by molar-refractivity contribution is 7.80. The Kier molecular flexibility index (Phi) is 8.77. The van der Waals surface area contributed by atoms with Gasteiger partial charge in [-0.3, -0.25) is 0 Å². The summed E-state index contributed by atoms with van der Waals surface area (Å²) in [4.78, 5) is 6.29. The molecular weight excluding hydrogens is 352 g/mol. The van der Waals surface area contributed by atoms with Crippen molar-refractivity contribution in [3.63, 3.8) is 0 Å². The number of imidazole rings is 1. The van der Waals surface area contributed by atoms with Crippen molar-refractivity contribution in [2.24, 2.45) is 0 Å². The van der Waals surface area contributed by atoms with E-state index < -0.39 is 0 Å². The van der Waals surface area contributed by atoms with Gasteiger partial charge in [0.2, 0.25) is 0 Å². The predicted octanol–water partition coefficient (Wildman–Crippen LogP) is 4.49. The molecule has 0 saturated heterocycles. The summed E-state index contributed by atoms with van der Waals surface area (Å²) in [5.41, 5.74) is 1.10. The number of thiocarbonyl (C=S) groups is 1. The first kappa shape index (κ1) is 19.7. The number of aromatic nitrogens is 2. The number of hydrogen-bond donors (Lipinski definition) is 1. The molecule has 0 aliphatic heterocycles. The van der Waals surface area contributed by atoms with Crippen LogP contribution in [-0.2, 0) is 13.1 Å². The van der Waals surface area contributed by atoms with Crippen LogP contribution in [0.5, 0.6) is 0 Å². The molecule has 4 nitrogen and oxygen atoms in total. The summed E-state index contributed by atoms with van der Waals surface area (Å²) in [6, 6.07) is 7.96. The minimum atomic E-state index is 0.725. The van der Waals surface area contributed by atoms with E-state index >= 15 is 0 Å². The molecule has 1 aromatic heterocycles. The summed E-state index contributed by atoms with van der Waals surface area (Å²) < 4.78 is 2.09. The zero-order valence-electron chi connectivity index (χ0n) is 14.8. The number of benzene rings is 1. The van der Waals surface area contributed by atoms with Gasteiger partial charge in [-0.2, -0.15) is 0 Å². The number of nitrogens with zero attached hydrogens (tertiary/aromatic N) is 3. The molecule has 25 heavy (non-hydrogen) atoms. The predicted molar refractivity (Wildman–Crippen MR) is 109 cm³/mol. The van der Waals surface area contributed by atoms with Gasteiger partial charge in [-0.05, 0) is 36.7 Å². The average molecular weight is 379 g/mol. The molecule has 0 amide bonds. The van der Waals surface area contributed by atoms with Gasteiger partial charge in [0.1, 0.15) is 0 Å². The Labute approximate surface area is 161 Å². The Hall–Kier alpha value is -1.59. The van der Waals surface area contributed by atoms with Crippen LogP contribution in [0.25, 0.3) is 0 Å². The molecule has 0 atom stereocenters. The molecule has 2 rings (SSSR count). The molecule has 6 heteroatoms. The minimum absolute atomic E-state index is 0.725. The zero-order chi connectivity index (χ0) is 17.9. The Bertz CT molecular complexity index is 630. The van der Waals surface area contributed by atoms with E-state index in [1.54, 1.807) is 6.20 Å². The Morgan fingerprint density at radius 3 is 2.84 bits per heavy atom. The monoisotopic (exact) mass is 378 g/mol. The van der Waals surface area contributed by atoms with Gasteiger partial charge in [-0.1, -0.05) is 49.6 Å². The van der Waals surface area contributed by atoms with E-state index in [1.807, 2.05) is 30.7 Å². The third-order valence-electron chi connectivity index (χ3n) is 4.07. The Morgan fingerprint density at radius 2 is 2.12 bits per heavy atom. The second-order valence-corrected chi connectivity index (χ2v) is 6.90. The first-order valence-corrected chi connectivity index (χ1v) is 9.71. The van der Waals surface area contributed by atoms with Crippen molar-refractivity contribution in [2.75, 3.05) is 13.1 Å². The van der Waals surface area contributed by atoms with E-state index in [2.05, 4.69) is 32.8 Å². The molecule has 136 valence electrons. The number of aryl methyl sites for hydroxylation is 1. The van der Waals surface area contributed by atoms with Gasteiger partial charge in [0.15, 0.2) is 5.11 Å². The molecule has 0 radical (unpaired) electrons. The standard InChI is InChI=1S/C19H27ClN4S/c1-2-3-6-10-22-19(25)24(13-7-12-23-14-11-21-16-23)15-17-8-4-5-9-18(17)20/h4-5,8-9,11,14,16H,2-3,6-7,10,12-13,15H2,1H3,(H,22,25). The molecule has 0 aliphatic carbocycles. The van der Waals surface area contributed by atoms with E-state index in [0.29, 0.717) is 0 Å². The van der Waals surface area contributed by atoms with Gasteiger partial charge in [-0.25, -0.2) is 4.98 Å². The SMILES string of the molecule is CCCCCNC(=S)N(CCCn1ccnc1)Cc1ccccc1Cl. The first-order valence-electron chi connectivity index (χ1n) is 8.92. The zero-order valence-corrected chi connectivity index (χ0v) is 16.4. The highest BCUT2D eigenvalue weighted by atomic mass is 35.5. The van der Waals surface area contributed by atoms with Gasteiger partial charge >= 0.3 is 0 Å². The van der Waals surface area contributed by atoms with Crippen molar-refractivity contribution < 1.29 is 0 Å². The summed E-state index contributed by atoms with van der Waals surface area (Å²) in [5.74, 6) is 0. The molecular formula is C19H27ClN4S. The molecule has 2 aromatic rings. The number of rotatable bonds is 10. The van der Waals surface area contributed by atoms with Crippen LogP contribution >= 0.6 is 23.8 Å². The van der Waals surface area contributed by atoms with Crippen molar-refractivity contribution in [1.29, 1.82) is 0 Å². The van der Waals surface area contributed by atoms with E-state index in [0.717, 1.165) is 54.7 Å². The van der Waals surface area contributed by atoms with Crippen LogP contribution in [0.4, 0.5) is 0 Å². The van der Waals surface area contributed by atoms with Crippen LogP contribution in [0.3, 0.4) is 0 Å². The molecule has 0 spiro atoms. The largest absolute Gasteiger partial charge is 0.363 e. The fourth-order valence-corrected chi connectivity index (χ4v) is 3.08. The van der Waals surface area contributed by atoms with Crippen LogP contribution < -0.4 is 5.32 Å². The van der Waals surface area contributed by atoms with Gasteiger partial charge in [0.25, 0.3) is 0 Å². The maximum absolute atomic E-state index is 6.33. The third kappa shape index (κ3) is 7.04. The maximum atomic E-state index is 6.33. The number of nitrogens with one attached hydrogen (secondary N) is 1. The smallest absolute Gasteiger partial charge is 0.169 e. The Morgan fingerprint density at radius 1 is 1.28 bits per heavy atom. The van der Waals surface area contributed by atoms with Crippen LogP contribution in [-0.4, -0.2) is 32.7 Å². The van der Waals surface area contributed by atoms with Crippen molar-refractivity contribution in [3.8, 4) is 0 Å². The van der Waals surface area contributed by atoms with E-state index in [9.17, 15) is 0 Å². The van der Waals surface area contributed by atoms with Crippen molar-refractivity contribution in [1.82, 2.24) is 19.8 Å². The van der Waals surface area contributed by atoms with E-state index in [1.165, 1.54) is 12.8 Å². The van der Waals surface area contributed by atoms with Crippen molar-refractivity contribution >= 4 is 28.9 Å². The molecule has 1 aromatic carbocycles. The molecule has 1 N–H and O–H groups in total. The van der Waals surface area contributed by atoms with Crippen LogP contribution in [0.1, 0.15) is 38.2 Å². The maximum Gasteiger partial charge on any atom is 0.169 e. The summed E-state index contributed by atoms with van der Waals surface area (Å²) in [6.45, 7) is 5.66. The molecule has 0 unspecified atom stereocenters. The fraction of sp³-hybridized carbons (Fsp3) is 0.474.